The minimum absolute atomic E-state index is 0.00739. The molecule has 4 aromatic rings. The van der Waals surface area contributed by atoms with Crippen molar-refractivity contribution in [2.24, 2.45) is 0 Å². The summed E-state index contributed by atoms with van der Waals surface area (Å²) in [6.07, 6.45) is 1.15. The van der Waals surface area contributed by atoms with E-state index in [1.807, 2.05) is 0 Å². The molecular weight excluding hydrogens is 455 g/mol. The van der Waals surface area contributed by atoms with E-state index in [9.17, 15) is 18.8 Å². The number of aromatic carboxylic acids is 1. The third-order valence-electron chi connectivity index (χ3n) is 4.63. The number of aromatic amines is 1. The summed E-state index contributed by atoms with van der Waals surface area (Å²) < 4.78 is 13.3. The van der Waals surface area contributed by atoms with Gasteiger partial charge in [-0.2, -0.15) is 5.10 Å². The molecule has 166 valence electrons. The van der Waals surface area contributed by atoms with Crippen LogP contribution in [0, 0.1) is 5.82 Å². The van der Waals surface area contributed by atoms with E-state index in [4.69, 9.17) is 16.7 Å². The van der Waals surface area contributed by atoms with E-state index < -0.39 is 23.6 Å². The van der Waals surface area contributed by atoms with Crippen LogP contribution < -0.4 is 10.6 Å². The molecule has 33 heavy (non-hydrogen) atoms. The number of carbonyl (C=O) groups is 3. The van der Waals surface area contributed by atoms with Gasteiger partial charge in [0, 0.05) is 12.1 Å². The van der Waals surface area contributed by atoms with Crippen LogP contribution in [0.15, 0.2) is 48.8 Å². The largest absolute Gasteiger partial charge is 0.478 e. The molecule has 0 saturated carbocycles. The summed E-state index contributed by atoms with van der Waals surface area (Å²) in [4.78, 5) is 44.1. The first-order valence-corrected chi connectivity index (χ1v) is 9.77. The third-order valence-corrected chi connectivity index (χ3v) is 4.92. The standard InChI is InChI=1S/C21H14ClFN6O4/c22-13-7-10(1-6-14(13)23)8-24-20(31)17-15-16(25-9-26-17)18(29-28-15)27-19(30)11-2-4-12(5-3-11)21(32)33/h1-7,9H,8H2,(H,24,31)(H,32,33)(H2,27,28,29,30). The molecule has 0 unspecified atom stereocenters. The van der Waals surface area contributed by atoms with Crippen molar-refractivity contribution in [1.29, 1.82) is 0 Å². The summed E-state index contributed by atoms with van der Waals surface area (Å²) in [6.45, 7) is 0.0778. The molecule has 2 amide bonds. The highest BCUT2D eigenvalue weighted by molar-refractivity contribution is 6.30. The number of fused-ring (bicyclic) bond motifs is 1. The number of amides is 2. The Morgan fingerprint density at radius 1 is 1.03 bits per heavy atom. The lowest BCUT2D eigenvalue weighted by molar-refractivity contribution is 0.0696. The van der Waals surface area contributed by atoms with Gasteiger partial charge in [0.25, 0.3) is 11.8 Å². The molecule has 10 nitrogen and oxygen atoms in total. The Hall–Kier alpha value is -4.38. The summed E-state index contributed by atoms with van der Waals surface area (Å²) in [6, 6.07) is 9.43. The van der Waals surface area contributed by atoms with E-state index in [2.05, 4.69) is 30.8 Å². The molecule has 0 aliphatic carbocycles. The maximum absolute atomic E-state index is 13.3. The number of anilines is 1. The van der Waals surface area contributed by atoms with Crippen LogP contribution >= 0.6 is 11.6 Å². The molecule has 0 spiro atoms. The minimum Gasteiger partial charge on any atom is -0.478 e. The molecule has 0 fully saturated rings. The van der Waals surface area contributed by atoms with E-state index in [0.717, 1.165) is 6.33 Å². The van der Waals surface area contributed by atoms with Crippen molar-refractivity contribution in [3.05, 3.63) is 82.0 Å². The van der Waals surface area contributed by atoms with Gasteiger partial charge in [0.1, 0.15) is 23.2 Å². The second kappa shape index (κ2) is 9.01. The second-order valence-corrected chi connectivity index (χ2v) is 7.19. The fraction of sp³-hybridized carbons (Fsp3) is 0.0476. The van der Waals surface area contributed by atoms with Crippen LogP contribution in [0.3, 0.4) is 0 Å². The predicted octanol–water partition coefficient (Wildman–Crippen LogP) is 3.03. The van der Waals surface area contributed by atoms with Crippen molar-refractivity contribution < 1.29 is 23.9 Å². The molecule has 0 saturated heterocycles. The van der Waals surface area contributed by atoms with Crippen LogP contribution in [0.5, 0.6) is 0 Å². The Labute approximate surface area is 189 Å². The van der Waals surface area contributed by atoms with Crippen molar-refractivity contribution in [3.8, 4) is 0 Å². The van der Waals surface area contributed by atoms with Gasteiger partial charge in [-0.1, -0.05) is 17.7 Å². The SMILES string of the molecule is O=C(O)c1ccc(C(=O)Nc2n[nH]c3c(C(=O)NCc4ccc(F)c(Cl)c4)ncnc23)cc1. The highest BCUT2D eigenvalue weighted by Gasteiger charge is 2.19. The highest BCUT2D eigenvalue weighted by atomic mass is 35.5. The molecule has 2 aromatic carbocycles. The zero-order chi connectivity index (χ0) is 23.5. The van der Waals surface area contributed by atoms with Crippen molar-refractivity contribution >= 4 is 46.2 Å². The number of carboxylic acid groups (broad SMARTS) is 1. The van der Waals surface area contributed by atoms with Crippen LogP contribution in [-0.2, 0) is 6.54 Å². The number of carbonyl (C=O) groups excluding carboxylic acids is 2. The van der Waals surface area contributed by atoms with E-state index in [1.165, 1.54) is 42.5 Å². The summed E-state index contributed by atoms with van der Waals surface area (Å²) in [5, 5.41) is 20.7. The number of hydrogen-bond acceptors (Lipinski definition) is 6. The Balaban J connectivity index is 1.51. The first-order chi connectivity index (χ1) is 15.8. The van der Waals surface area contributed by atoms with Crippen LogP contribution in [0.2, 0.25) is 5.02 Å². The molecule has 0 radical (unpaired) electrons. The Morgan fingerprint density at radius 2 is 1.76 bits per heavy atom. The zero-order valence-corrected chi connectivity index (χ0v) is 17.4. The lowest BCUT2D eigenvalue weighted by atomic mass is 10.1. The number of rotatable bonds is 6. The number of benzene rings is 2. The van der Waals surface area contributed by atoms with Crippen LogP contribution in [-0.4, -0.2) is 43.1 Å². The first-order valence-electron chi connectivity index (χ1n) is 9.39. The Bertz CT molecular complexity index is 1390. The summed E-state index contributed by atoms with van der Waals surface area (Å²) >= 11 is 5.75. The van der Waals surface area contributed by atoms with Gasteiger partial charge in [-0.15, -0.1) is 0 Å². The number of halogens is 2. The number of carboxylic acids is 1. The van der Waals surface area contributed by atoms with Gasteiger partial charge >= 0.3 is 5.97 Å². The van der Waals surface area contributed by atoms with Crippen LogP contribution in [0.25, 0.3) is 11.0 Å². The number of hydrogen-bond donors (Lipinski definition) is 4. The number of nitrogens with zero attached hydrogens (tertiary/aromatic N) is 3. The van der Waals surface area contributed by atoms with E-state index in [-0.39, 0.29) is 45.2 Å². The molecule has 0 bridgehead atoms. The van der Waals surface area contributed by atoms with Crippen LogP contribution in [0.4, 0.5) is 10.2 Å². The van der Waals surface area contributed by atoms with Gasteiger partial charge < -0.3 is 15.7 Å². The van der Waals surface area contributed by atoms with Gasteiger partial charge in [-0.3, -0.25) is 14.7 Å². The van der Waals surface area contributed by atoms with E-state index in [0.29, 0.717) is 5.56 Å². The lowest BCUT2D eigenvalue weighted by Crippen LogP contribution is -2.24. The molecule has 4 N–H and O–H groups in total. The molecule has 0 aliphatic rings. The van der Waals surface area contributed by atoms with E-state index >= 15 is 0 Å². The fourth-order valence-electron chi connectivity index (χ4n) is 2.95. The van der Waals surface area contributed by atoms with Crippen molar-refractivity contribution in [2.75, 3.05) is 5.32 Å². The Kier molecular flexibility index (Phi) is 5.96. The normalized spacial score (nSPS) is 10.7. The van der Waals surface area contributed by atoms with Gasteiger partial charge in [0.15, 0.2) is 11.5 Å². The van der Waals surface area contributed by atoms with Crippen molar-refractivity contribution in [1.82, 2.24) is 25.5 Å². The fourth-order valence-corrected chi connectivity index (χ4v) is 3.16. The highest BCUT2D eigenvalue weighted by Crippen LogP contribution is 2.21. The molecule has 0 aliphatic heterocycles. The monoisotopic (exact) mass is 468 g/mol. The van der Waals surface area contributed by atoms with E-state index in [1.54, 1.807) is 0 Å². The quantitative estimate of drug-likeness (QED) is 0.339. The molecule has 12 heteroatoms. The van der Waals surface area contributed by atoms with Crippen LogP contribution in [0.1, 0.15) is 36.8 Å². The number of aromatic nitrogens is 4. The average molecular weight is 469 g/mol. The molecule has 2 heterocycles. The lowest BCUT2D eigenvalue weighted by Gasteiger charge is -2.06. The molecule has 2 aromatic heterocycles. The third kappa shape index (κ3) is 4.62. The minimum atomic E-state index is -1.11. The summed E-state index contributed by atoms with van der Waals surface area (Å²) in [7, 11) is 0. The number of H-pyrrole nitrogens is 1. The Morgan fingerprint density at radius 3 is 2.45 bits per heavy atom. The number of nitrogens with one attached hydrogen (secondary N) is 3. The van der Waals surface area contributed by atoms with Crippen molar-refractivity contribution in [2.45, 2.75) is 6.54 Å². The second-order valence-electron chi connectivity index (χ2n) is 6.79. The van der Waals surface area contributed by atoms with Crippen molar-refractivity contribution in [3.63, 3.8) is 0 Å². The van der Waals surface area contributed by atoms with Gasteiger partial charge in [0.2, 0.25) is 0 Å². The topological polar surface area (TPSA) is 150 Å². The van der Waals surface area contributed by atoms with Gasteiger partial charge in [0.05, 0.1) is 10.6 Å². The summed E-state index contributed by atoms with van der Waals surface area (Å²) in [5.74, 6) is -2.69. The molecule has 4 rings (SSSR count). The maximum Gasteiger partial charge on any atom is 0.335 e. The first kappa shape index (κ1) is 21.8. The van der Waals surface area contributed by atoms with Gasteiger partial charge in [-0.25, -0.2) is 19.2 Å². The smallest absolute Gasteiger partial charge is 0.335 e. The maximum atomic E-state index is 13.3. The molecule has 0 atom stereocenters. The molecular formula is C21H14ClFN6O4. The predicted molar refractivity (Wildman–Crippen MR) is 116 cm³/mol. The van der Waals surface area contributed by atoms with Gasteiger partial charge in [-0.05, 0) is 42.0 Å². The summed E-state index contributed by atoms with van der Waals surface area (Å²) in [5.41, 5.74) is 1.24. The average Bonchev–Trinajstić information content (AvgIpc) is 3.22. The zero-order valence-electron chi connectivity index (χ0n) is 16.6.